The number of rotatable bonds is 7. The average molecular weight is 439 g/mol. The zero-order valence-electron chi connectivity index (χ0n) is 19.7. The Balaban J connectivity index is 1.16. The Bertz CT molecular complexity index is 1080. The van der Waals surface area contributed by atoms with E-state index in [1.165, 1.54) is 40.8 Å². The number of nitrogens with zero attached hydrogens (tertiary/aromatic N) is 2. The molecular formula is C30H34N2O. The molecule has 0 atom stereocenters. The van der Waals surface area contributed by atoms with Crippen LogP contribution >= 0.6 is 0 Å². The number of carbonyl (C=O) groups excluding carboxylic acids is 1. The van der Waals surface area contributed by atoms with Crippen LogP contribution in [0.5, 0.6) is 0 Å². The van der Waals surface area contributed by atoms with Gasteiger partial charge in [0.05, 0.1) is 0 Å². The zero-order valence-corrected chi connectivity index (χ0v) is 19.7. The number of carbonyl (C=O) groups is 1. The van der Waals surface area contributed by atoms with Gasteiger partial charge in [-0.15, -0.1) is 0 Å². The number of piperidine rings is 1. The van der Waals surface area contributed by atoms with Crippen LogP contribution in [-0.4, -0.2) is 30.4 Å². The summed E-state index contributed by atoms with van der Waals surface area (Å²) in [5.74, 6) is 0.838. The van der Waals surface area contributed by atoms with Crippen molar-refractivity contribution >= 4 is 11.6 Å². The van der Waals surface area contributed by atoms with E-state index in [0.717, 1.165) is 51.0 Å². The first-order chi connectivity index (χ1) is 16.2. The predicted octanol–water partition coefficient (Wildman–Crippen LogP) is 6.22. The molecule has 0 aromatic heterocycles. The fourth-order valence-electron chi connectivity index (χ4n) is 5.38. The highest BCUT2D eigenvalue weighted by atomic mass is 16.2. The molecule has 2 heterocycles. The van der Waals surface area contributed by atoms with E-state index in [4.69, 9.17) is 0 Å². The fraction of sp³-hybridized carbons (Fsp3) is 0.367. The molecular weight excluding hydrogens is 404 g/mol. The molecule has 170 valence electrons. The maximum absolute atomic E-state index is 12.5. The third-order valence-corrected chi connectivity index (χ3v) is 7.32. The molecule has 0 aliphatic carbocycles. The normalized spacial score (nSPS) is 16.3. The Morgan fingerprint density at radius 2 is 1.55 bits per heavy atom. The van der Waals surface area contributed by atoms with Crippen molar-refractivity contribution in [2.45, 2.75) is 51.5 Å². The lowest BCUT2D eigenvalue weighted by Crippen LogP contribution is -2.32. The minimum Gasteiger partial charge on any atom is -0.371 e. The standard InChI is InChI=1S/C30H34N2O/c1-2-18-32-22-27-21-28(14-15-29(27)30(32)33)31-19-16-26(17-20-31)25-12-10-24(11-13-25)9-8-23-6-4-3-5-7-23/h3-7,10-15,21,26H,2,8-9,16-20,22H2,1H3. The summed E-state index contributed by atoms with van der Waals surface area (Å²) in [6.45, 7) is 5.89. The van der Waals surface area contributed by atoms with Crippen molar-refractivity contribution < 1.29 is 4.79 Å². The van der Waals surface area contributed by atoms with E-state index in [2.05, 4.69) is 78.6 Å². The third kappa shape index (κ3) is 4.83. The molecule has 2 aliphatic heterocycles. The topological polar surface area (TPSA) is 23.6 Å². The van der Waals surface area contributed by atoms with E-state index < -0.39 is 0 Å². The molecule has 1 saturated heterocycles. The van der Waals surface area contributed by atoms with Gasteiger partial charge in [0.25, 0.3) is 5.91 Å². The van der Waals surface area contributed by atoms with Crippen molar-refractivity contribution in [3.63, 3.8) is 0 Å². The summed E-state index contributed by atoms with van der Waals surface area (Å²) in [5.41, 5.74) is 7.67. The molecule has 5 rings (SSSR count). The number of anilines is 1. The summed E-state index contributed by atoms with van der Waals surface area (Å²) in [5, 5.41) is 0. The lowest BCUT2D eigenvalue weighted by molar-refractivity contribution is 0.0778. The number of hydrogen-bond acceptors (Lipinski definition) is 2. The van der Waals surface area contributed by atoms with Gasteiger partial charge in [0.1, 0.15) is 0 Å². The molecule has 0 radical (unpaired) electrons. The second kappa shape index (κ2) is 9.82. The summed E-state index contributed by atoms with van der Waals surface area (Å²) < 4.78 is 0. The van der Waals surface area contributed by atoms with E-state index >= 15 is 0 Å². The monoisotopic (exact) mass is 438 g/mol. The molecule has 3 nitrogen and oxygen atoms in total. The molecule has 3 aromatic rings. The molecule has 0 spiro atoms. The van der Waals surface area contributed by atoms with Crippen molar-refractivity contribution in [3.05, 3.63) is 101 Å². The van der Waals surface area contributed by atoms with E-state index in [9.17, 15) is 4.79 Å². The second-order valence-corrected chi connectivity index (χ2v) is 9.56. The maximum Gasteiger partial charge on any atom is 0.254 e. The minimum absolute atomic E-state index is 0.198. The Kier molecular flexibility index (Phi) is 6.48. The average Bonchev–Trinajstić information content (AvgIpc) is 3.18. The summed E-state index contributed by atoms with van der Waals surface area (Å²) >= 11 is 0. The number of hydrogen-bond donors (Lipinski definition) is 0. The molecule has 3 heteroatoms. The molecule has 0 unspecified atom stereocenters. The van der Waals surface area contributed by atoms with Gasteiger partial charge >= 0.3 is 0 Å². The van der Waals surface area contributed by atoms with Crippen LogP contribution in [0.25, 0.3) is 0 Å². The summed E-state index contributed by atoms with van der Waals surface area (Å²) in [7, 11) is 0. The smallest absolute Gasteiger partial charge is 0.254 e. The Labute approximate surface area is 198 Å². The highest BCUT2D eigenvalue weighted by molar-refractivity contribution is 5.98. The lowest BCUT2D eigenvalue weighted by atomic mass is 9.88. The van der Waals surface area contributed by atoms with Crippen LogP contribution in [0, 0.1) is 0 Å². The van der Waals surface area contributed by atoms with Gasteiger partial charge in [-0.1, -0.05) is 61.5 Å². The van der Waals surface area contributed by atoms with Gasteiger partial charge in [-0.05, 0) is 78.5 Å². The highest BCUT2D eigenvalue weighted by Crippen LogP contribution is 2.33. The highest BCUT2D eigenvalue weighted by Gasteiger charge is 2.28. The first kappa shape index (κ1) is 21.8. The largest absolute Gasteiger partial charge is 0.371 e. The third-order valence-electron chi connectivity index (χ3n) is 7.32. The molecule has 1 fully saturated rings. The molecule has 0 bridgehead atoms. The van der Waals surface area contributed by atoms with Crippen LogP contribution < -0.4 is 4.90 Å². The van der Waals surface area contributed by atoms with Crippen LogP contribution in [0.2, 0.25) is 0 Å². The van der Waals surface area contributed by atoms with Crippen molar-refractivity contribution in [1.29, 1.82) is 0 Å². The van der Waals surface area contributed by atoms with Crippen LogP contribution in [0.1, 0.15) is 64.7 Å². The summed E-state index contributed by atoms with van der Waals surface area (Å²) in [6.07, 6.45) is 5.57. The van der Waals surface area contributed by atoms with E-state index in [1.807, 2.05) is 11.0 Å². The minimum atomic E-state index is 0.198. The molecule has 0 N–H and O–H groups in total. The van der Waals surface area contributed by atoms with Crippen LogP contribution in [-0.2, 0) is 19.4 Å². The Morgan fingerprint density at radius 1 is 0.848 bits per heavy atom. The number of benzene rings is 3. The first-order valence-corrected chi connectivity index (χ1v) is 12.5. The molecule has 3 aromatic carbocycles. The fourth-order valence-corrected chi connectivity index (χ4v) is 5.38. The first-order valence-electron chi connectivity index (χ1n) is 12.5. The number of fused-ring (bicyclic) bond motifs is 1. The van der Waals surface area contributed by atoms with Gasteiger partial charge in [0.15, 0.2) is 0 Å². The Morgan fingerprint density at radius 3 is 2.24 bits per heavy atom. The van der Waals surface area contributed by atoms with Gasteiger partial charge in [-0.2, -0.15) is 0 Å². The summed E-state index contributed by atoms with van der Waals surface area (Å²) in [6, 6.07) is 26.5. The SMILES string of the molecule is CCCN1Cc2cc(N3CCC(c4ccc(CCc5ccccc5)cc4)CC3)ccc2C1=O. The molecule has 1 amide bonds. The maximum atomic E-state index is 12.5. The van der Waals surface area contributed by atoms with Crippen molar-refractivity contribution in [2.75, 3.05) is 24.5 Å². The van der Waals surface area contributed by atoms with Gasteiger partial charge in [0.2, 0.25) is 0 Å². The van der Waals surface area contributed by atoms with Gasteiger partial charge in [-0.25, -0.2) is 0 Å². The molecule has 2 aliphatic rings. The quantitative estimate of drug-likeness (QED) is 0.437. The second-order valence-electron chi connectivity index (χ2n) is 9.56. The van der Waals surface area contributed by atoms with E-state index in [-0.39, 0.29) is 5.91 Å². The predicted molar refractivity (Wildman–Crippen MR) is 136 cm³/mol. The van der Waals surface area contributed by atoms with E-state index in [0.29, 0.717) is 5.92 Å². The number of amides is 1. The van der Waals surface area contributed by atoms with Crippen molar-refractivity contribution in [1.82, 2.24) is 4.90 Å². The lowest BCUT2D eigenvalue weighted by Gasteiger charge is -2.34. The molecule has 33 heavy (non-hydrogen) atoms. The van der Waals surface area contributed by atoms with Crippen LogP contribution in [0.3, 0.4) is 0 Å². The summed E-state index contributed by atoms with van der Waals surface area (Å²) in [4.78, 5) is 17.0. The molecule has 0 saturated carbocycles. The Hall–Kier alpha value is -3.07. The van der Waals surface area contributed by atoms with Gasteiger partial charge < -0.3 is 9.80 Å². The van der Waals surface area contributed by atoms with Crippen LogP contribution in [0.4, 0.5) is 5.69 Å². The van der Waals surface area contributed by atoms with E-state index in [1.54, 1.807) is 0 Å². The van der Waals surface area contributed by atoms with Crippen LogP contribution in [0.15, 0.2) is 72.8 Å². The number of aryl methyl sites for hydroxylation is 2. The van der Waals surface area contributed by atoms with Crippen molar-refractivity contribution in [3.8, 4) is 0 Å². The van der Waals surface area contributed by atoms with Crippen molar-refractivity contribution in [2.24, 2.45) is 0 Å². The van der Waals surface area contributed by atoms with Gasteiger partial charge in [0, 0.05) is 37.4 Å². The van der Waals surface area contributed by atoms with Gasteiger partial charge in [-0.3, -0.25) is 4.79 Å². The zero-order chi connectivity index (χ0) is 22.6.